The third-order valence-corrected chi connectivity index (χ3v) is 4.65. The number of hydrogen-bond acceptors (Lipinski definition) is 6. The molecule has 2 aliphatic rings. The average molecular weight is 432 g/mol. The van der Waals surface area contributed by atoms with Gasteiger partial charge in [-0.2, -0.15) is 13.2 Å². The Hall–Kier alpha value is -2.89. The highest BCUT2D eigenvalue weighted by molar-refractivity contribution is 5.95. The Balaban J connectivity index is 0.000000396. The zero-order chi connectivity index (χ0) is 22.3. The molecule has 0 radical (unpaired) electrons. The van der Waals surface area contributed by atoms with Gasteiger partial charge in [0.25, 0.3) is 5.91 Å². The number of nitrogens with zero attached hydrogens (tertiary/aromatic N) is 3. The molecule has 0 spiro atoms. The van der Waals surface area contributed by atoms with Crippen molar-refractivity contribution < 1.29 is 37.4 Å². The van der Waals surface area contributed by atoms with Crippen LogP contribution in [0.1, 0.15) is 23.2 Å². The summed E-state index contributed by atoms with van der Waals surface area (Å²) in [5.41, 5.74) is 6.17. The summed E-state index contributed by atoms with van der Waals surface area (Å²) in [6.45, 7) is 3.62. The molecule has 3 heterocycles. The van der Waals surface area contributed by atoms with Crippen LogP contribution >= 0.6 is 0 Å². The maximum absolute atomic E-state index is 12.6. The summed E-state index contributed by atoms with van der Waals surface area (Å²) in [6, 6.07) is 3.24. The number of ether oxygens (including phenoxy) is 1. The molecule has 166 valence electrons. The van der Waals surface area contributed by atoms with Crippen molar-refractivity contribution in [3.05, 3.63) is 23.9 Å². The van der Waals surface area contributed by atoms with Crippen molar-refractivity contribution in [2.75, 3.05) is 45.1 Å². The van der Waals surface area contributed by atoms with Crippen molar-refractivity contribution in [1.82, 2.24) is 14.8 Å². The molecule has 9 nitrogen and oxygen atoms in total. The fourth-order valence-electron chi connectivity index (χ4n) is 3.17. The van der Waals surface area contributed by atoms with E-state index in [2.05, 4.69) is 4.98 Å². The lowest BCUT2D eigenvalue weighted by molar-refractivity contribution is -0.192. The van der Waals surface area contributed by atoms with E-state index < -0.39 is 12.1 Å². The van der Waals surface area contributed by atoms with Crippen molar-refractivity contribution in [3.63, 3.8) is 0 Å². The Morgan fingerprint density at radius 3 is 2.37 bits per heavy atom. The molecule has 2 saturated heterocycles. The molecule has 0 bridgehead atoms. The number of anilines is 1. The summed E-state index contributed by atoms with van der Waals surface area (Å²) in [6.07, 6.45) is -1.88. The fraction of sp³-hybridized carbons (Fsp3) is 0.556. The van der Waals surface area contributed by atoms with Crippen LogP contribution < -0.4 is 5.73 Å². The van der Waals surface area contributed by atoms with Crippen molar-refractivity contribution in [1.29, 1.82) is 0 Å². The topological polar surface area (TPSA) is 126 Å². The van der Waals surface area contributed by atoms with Crippen LogP contribution in [0.5, 0.6) is 0 Å². The molecule has 3 rings (SSSR count). The predicted octanol–water partition coefficient (Wildman–Crippen LogP) is 1.01. The second-order valence-corrected chi connectivity index (χ2v) is 6.80. The first-order valence-electron chi connectivity index (χ1n) is 9.27. The second kappa shape index (κ2) is 10.2. The number of halogens is 3. The summed E-state index contributed by atoms with van der Waals surface area (Å²) in [7, 11) is 0. The van der Waals surface area contributed by atoms with E-state index in [4.69, 9.17) is 20.4 Å². The molecular formula is C18H23F3N4O5. The van der Waals surface area contributed by atoms with Gasteiger partial charge in [-0.05, 0) is 25.0 Å². The van der Waals surface area contributed by atoms with Crippen molar-refractivity contribution in [2.45, 2.75) is 19.0 Å². The van der Waals surface area contributed by atoms with Gasteiger partial charge in [0.1, 0.15) is 5.82 Å². The summed E-state index contributed by atoms with van der Waals surface area (Å²) >= 11 is 0. The normalized spacial score (nSPS) is 19.5. The molecule has 2 amide bonds. The van der Waals surface area contributed by atoms with E-state index in [0.29, 0.717) is 50.8 Å². The zero-order valence-electron chi connectivity index (χ0n) is 16.1. The number of carbonyl (C=O) groups excluding carboxylic acids is 2. The highest BCUT2D eigenvalue weighted by atomic mass is 19.4. The molecule has 2 fully saturated rings. The molecule has 1 atom stereocenters. The number of piperidine rings is 1. The van der Waals surface area contributed by atoms with Crippen LogP contribution in [0.2, 0.25) is 0 Å². The van der Waals surface area contributed by atoms with Crippen LogP contribution in [-0.4, -0.2) is 83.2 Å². The van der Waals surface area contributed by atoms with Gasteiger partial charge in [0.2, 0.25) is 5.91 Å². The Bertz CT molecular complexity index is 768. The lowest BCUT2D eigenvalue weighted by Crippen LogP contribution is -2.49. The number of carboxylic acid groups (broad SMARTS) is 1. The molecule has 1 unspecified atom stereocenters. The molecule has 0 aromatic carbocycles. The van der Waals surface area contributed by atoms with Gasteiger partial charge in [-0.25, -0.2) is 9.78 Å². The second-order valence-electron chi connectivity index (χ2n) is 6.80. The summed E-state index contributed by atoms with van der Waals surface area (Å²) < 4.78 is 37.0. The number of amides is 2. The van der Waals surface area contributed by atoms with Crippen LogP contribution in [0.4, 0.5) is 19.0 Å². The van der Waals surface area contributed by atoms with Crippen LogP contribution in [0.3, 0.4) is 0 Å². The first-order chi connectivity index (χ1) is 14.1. The summed E-state index contributed by atoms with van der Waals surface area (Å²) in [5, 5.41) is 7.12. The minimum atomic E-state index is -5.08. The van der Waals surface area contributed by atoms with Gasteiger partial charge in [-0.15, -0.1) is 0 Å². The van der Waals surface area contributed by atoms with Crippen molar-refractivity contribution in [2.24, 2.45) is 5.92 Å². The number of carbonyl (C=O) groups is 3. The zero-order valence-corrected chi connectivity index (χ0v) is 16.1. The third-order valence-electron chi connectivity index (χ3n) is 4.65. The number of nitrogens with two attached hydrogens (primary N) is 1. The first-order valence-corrected chi connectivity index (χ1v) is 9.27. The minimum absolute atomic E-state index is 0.0847. The van der Waals surface area contributed by atoms with Gasteiger partial charge in [0.15, 0.2) is 0 Å². The van der Waals surface area contributed by atoms with E-state index in [9.17, 15) is 22.8 Å². The Labute approximate surface area is 170 Å². The molecule has 3 N–H and O–H groups in total. The number of pyridine rings is 1. The van der Waals surface area contributed by atoms with Gasteiger partial charge in [0.05, 0.1) is 19.1 Å². The quantitative estimate of drug-likeness (QED) is 0.714. The van der Waals surface area contributed by atoms with Gasteiger partial charge in [-0.3, -0.25) is 9.59 Å². The van der Waals surface area contributed by atoms with Crippen molar-refractivity contribution >= 4 is 23.6 Å². The first kappa shape index (κ1) is 23.4. The number of alkyl halides is 3. The number of morpholine rings is 1. The van der Waals surface area contributed by atoms with Crippen molar-refractivity contribution in [3.8, 4) is 0 Å². The highest BCUT2D eigenvalue weighted by Crippen LogP contribution is 2.21. The van der Waals surface area contributed by atoms with E-state index in [1.807, 2.05) is 4.90 Å². The minimum Gasteiger partial charge on any atom is -0.475 e. The lowest BCUT2D eigenvalue weighted by Gasteiger charge is -2.36. The number of aromatic nitrogens is 1. The van der Waals surface area contributed by atoms with E-state index in [-0.39, 0.29) is 17.7 Å². The molecule has 1 aromatic rings. The van der Waals surface area contributed by atoms with E-state index in [1.165, 1.54) is 6.20 Å². The lowest BCUT2D eigenvalue weighted by atomic mass is 9.95. The Kier molecular flexibility index (Phi) is 7.98. The predicted molar refractivity (Wildman–Crippen MR) is 98.4 cm³/mol. The van der Waals surface area contributed by atoms with Gasteiger partial charge in [0, 0.05) is 37.9 Å². The molecule has 30 heavy (non-hydrogen) atoms. The maximum atomic E-state index is 12.6. The van der Waals surface area contributed by atoms with E-state index in [0.717, 1.165) is 12.8 Å². The number of hydrogen-bond donors (Lipinski definition) is 2. The molecular weight excluding hydrogens is 409 g/mol. The highest BCUT2D eigenvalue weighted by Gasteiger charge is 2.38. The van der Waals surface area contributed by atoms with E-state index in [1.54, 1.807) is 17.0 Å². The number of nitrogen functional groups attached to an aromatic ring is 1. The molecule has 1 aromatic heterocycles. The summed E-state index contributed by atoms with van der Waals surface area (Å²) in [4.78, 5) is 41.6. The smallest absolute Gasteiger partial charge is 0.475 e. The standard InChI is InChI=1S/C16H22N4O3.C2HF3O2/c17-14-10-12(3-4-18-14)15(21)20-5-1-2-13(11-20)16(22)19-6-8-23-9-7-19;3-2(4,5)1(6)7/h3-4,10,13H,1-2,5-9,11H2,(H2,17,18);(H,6,7). The van der Waals surface area contributed by atoms with Gasteiger partial charge < -0.3 is 25.4 Å². The molecule has 12 heteroatoms. The molecule has 0 aliphatic carbocycles. The van der Waals surface area contributed by atoms with Crippen LogP contribution in [0, 0.1) is 5.92 Å². The van der Waals surface area contributed by atoms with Crippen LogP contribution in [0.25, 0.3) is 0 Å². The Morgan fingerprint density at radius 1 is 1.17 bits per heavy atom. The number of rotatable bonds is 2. The number of carboxylic acids is 1. The Morgan fingerprint density at radius 2 is 1.80 bits per heavy atom. The monoisotopic (exact) mass is 432 g/mol. The fourth-order valence-corrected chi connectivity index (χ4v) is 3.17. The molecule has 0 saturated carbocycles. The van der Waals surface area contributed by atoms with Gasteiger partial charge in [-0.1, -0.05) is 0 Å². The SMILES string of the molecule is Nc1cc(C(=O)N2CCCC(C(=O)N3CCOCC3)C2)ccn1.O=C(O)C(F)(F)F. The number of aliphatic carboxylic acids is 1. The number of likely N-dealkylation sites (tertiary alicyclic amines) is 1. The molecule has 2 aliphatic heterocycles. The van der Waals surface area contributed by atoms with Gasteiger partial charge >= 0.3 is 12.1 Å². The summed E-state index contributed by atoms with van der Waals surface area (Å²) in [5.74, 6) is -2.50. The largest absolute Gasteiger partial charge is 0.490 e. The average Bonchev–Trinajstić information content (AvgIpc) is 2.73. The van der Waals surface area contributed by atoms with Crippen LogP contribution in [-0.2, 0) is 14.3 Å². The van der Waals surface area contributed by atoms with E-state index >= 15 is 0 Å². The third kappa shape index (κ3) is 6.58. The maximum Gasteiger partial charge on any atom is 0.490 e. The van der Waals surface area contributed by atoms with Crippen LogP contribution in [0.15, 0.2) is 18.3 Å².